The SMILES string of the molecule is O=C(C[C@H]1CC=CCCC[C@H](Cc2ccccc2)C(=O)OC[C@H](Cc2ccccc2)NC1=O)N[C@H](CO)Cc1ccccc1. The number of hydrogen-bond donors (Lipinski definition) is 3. The van der Waals surface area contributed by atoms with E-state index in [0.29, 0.717) is 32.1 Å². The summed E-state index contributed by atoms with van der Waals surface area (Å²) >= 11 is 0. The van der Waals surface area contributed by atoms with Crippen LogP contribution in [0.4, 0.5) is 0 Å². The topological polar surface area (TPSA) is 105 Å². The number of esters is 1. The van der Waals surface area contributed by atoms with Crippen LogP contribution < -0.4 is 10.6 Å². The van der Waals surface area contributed by atoms with Crippen molar-refractivity contribution >= 4 is 17.8 Å². The van der Waals surface area contributed by atoms with Gasteiger partial charge in [-0.05, 0) is 61.6 Å². The van der Waals surface area contributed by atoms with E-state index in [1.165, 1.54) is 0 Å². The molecule has 1 aliphatic rings. The van der Waals surface area contributed by atoms with Gasteiger partial charge in [-0.25, -0.2) is 0 Å². The van der Waals surface area contributed by atoms with Gasteiger partial charge in [0.25, 0.3) is 0 Å². The first-order valence-corrected chi connectivity index (χ1v) is 15.6. The molecule has 1 heterocycles. The molecule has 0 saturated carbocycles. The minimum absolute atomic E-state index is 0.0154. The molecule has 3 aromatic carbocycles. The van der Waals surface area contributed by atoms with Crippen LogP contribution in [0.15, 0.2) is 103 Å². The lowest BCUT2D eigenvalue weighted by Gasteiger charge is -2.24. The summed E-state index contributed by atoms with van der Waals surface area (Å²) in [6, 6.07) is 28.5. The van der Waals surface area contributed by atoms with Crippen molar-refractivity contribution < 1.29 is 24.2 Å². The highest BCUT2D eigenvalue weighted by atomic mass is 16.5. The summed E-state index contributed by atoms with van der Waals surface area (Å²) in [6.07, 6.45) is 8.25. The minimum atomic E-state index is -0.606. The number of ether oxygens (including phenoxy) is 1. The Morgan fingerprint density at radius 1 is 0.841 bits per heavy atom. The van der Waals surface area contributed by atoms with E-state index in [1.54, 1.807) is 0 Å². The highest BCUT2D eigenvalue weighted by Gasteiger charge is 2.27. The molecule has 0 unspecified atom stereocenters. The van der Waals surface area contributed by atoms with Crippen LogP contribution in [0.3, 0.4) is 0 Å². The van der Waals surface area contributed by atoms with Gasteiger partial charge in [0.2, 0.25) is 11.8 Å². The summed E-state index contributed by atoms with van der Waals surface area (Å²) in [4.78, 5) is 40.1. The molecule has 0 fully saturated rings. The number of benzene rings is 3. The monoisotopic (exact) mass is 596 g/mol. The maximum atomic E-state index is 13.6. The number of aliphatic hydroxyl groups is 1. The third kappa shape index (κ3) is 11.1. The number of hydrogen-bond acceptors (Lipinski definition) is 5. The number of cyclic esters (lactones) is 1. The van der Waals surface area contributed by atoms with Crippen molar-refractivity contribution in [3.05, 3.63) is 120 Å². The summed E-state index contributed by atoms with van der Waals surface area (Å²) in [5.41, 5.74) is 3.11. The fraction of sp³-hybridized carbons (Fsp3) is 0.378. The number of carbonyl (C=O) groups is 3. The van der Waals surface area contributed by atoms with Gasteiger partial charge >= 0.3 is 5.97 Å². The largest absolute Gasteiger partial charge is 0.463 e. The molecule has 0 saturated heterocycles. The van der Waals surface area contributed by atoms with Crippen molar-refractivity contribution in [2.75, 3.05) is 13.2 Å². The van der Waals surface area contributed by atoms with E-state index in [0.717, 1.165) is 29.5 Å². The lowest BCUT2D eigenvalue weighted by Crippen LogP contribution is -2.45. The third-order valence-electron chi connectivity index (χ3n) is 7.98. The van der Waals surface area contributed by atoms with Gasteiger partial charge in [0.05, 0.1) is 30.5 Å². The third-order valence-corrected chi connectivity index (χ3v) is 7.98. The lowest BCUT2D eigenvalue weighted by atomic mass is 9.93. The molecule has 1 aliphatic heterocycles. The number of rotatable bonds is 10. The van der Waals surface area contributed by atoms with E-state index in [4.69, 9.17) is 4.74 Å². The van der Waals surface area contributed by atoms with E-state index in [9.17, 15) is 19.5 Å². The molecule has 0 spiro atoms. The van der Waals surface area contributed by atoms with Crippen LogP contribution in [0.1, 0.15) is 48.8 Å². The number of allylic oxidation sites excluding steroid dienone is 2. The Hall–Kier alpha value is -4.23. The predicted octanol–water partition coefficient (Wildman–Crippen LogP) is 4.97. The summed E-state index contributed by atoms with van der Waals surface area (Å²) in [5.74, 6) is -1.68. The van der Waals surface area contributed by atoms with Crippen molar-refractivity contribution in [1.29, 1.82) is 0 Å². The Kier molecular flexibility index (Phi) is 13.2. The second kappa shape index (κ2) is 17.8. The summed E-state index contributed by atoms with van der Waals surface area (Å²) in [5, 5.41) is 15.9. The van der Waals surface area contributed by atoms with Crippen molar-refractivity contribution in [2.45, 2.75) is 63.5 Å². The zero-order valence-electron chi connectivity index (χ0n) is 25.3. The van der Waals surface area contributed by atoms with Crippen LogP contribution in [-0.4, -0.2) is 48.2 Å². The van der Waals surface area contributed by atoms with Gasteiger partial charge in [-0.3, -0.25) is 14.4 Å². The smallest absolute Gasteiger partial charge is 0.309 e. The molecule has 44 heavy (non-hydrogen) atoms. The van der Waals surface area contributed by atoms with Gasteiger partial charge in [-0.15, -0.1) is 0 Å². The molecular weight excluding hydrogens is 552 g/mol. The number of aliphatic hydroxyl groups excluding tert-OH is 1. The molecule has 232 valence electrons. The van der Waals surface area contributed by atoms with E-state index in [2.05, 4.69) is 10.6 Å². The van der Waals surface area contributed by atoms with Crippen molar-refractivity contribution in [1.82, 2.24) is 10.6 Å². The van der Waals surface area contributed by atoms with E-state index < -0.39 is 18.0 Å². The molecule has 0 radical (unpaired) electrons. The van der Waals surface area contributed by atoms with E-state index in [1.807, 2.05) is 103 Å². The quantitative estimate of drug-likeness (QED) is 0.226. The molecule has 0 aromatic heterocycles. The van der Waals surface area contributed by atoms with Crippen LogP contribution in [0, 0.1) is 11.8 Å². The lowest BCUT2D eigenvalue weighted by molar-refractivity contribution is -0.150. The first-order valence-electron chi connectivity index (χ1n) is 15.6. The number of amides is 2. The van der Waals surface area contributed by atoms with Crippen LogP contribution in [-0.2, 0) is 38.4 Å². The fourth-order valence-electron chi connectivity index (χ4n) is 5.59. The highest BCUT2D eigenvalue weighted by Crippen LogP contribution is 2.20. The van der Waals surface area contributed by atoms with E-state index >= 15 is 0 Å². The molecule has 2 amide bonds. The Morgan fingerprint density at radius 2 is 1.45 bits per heavy atom. The summed E-state index contributed by atoms with van der Waals surface area (Å²) in [6.45, 7) is -0.156. The second-order valence-corrected chi connectivity index (χ2v) is 11.6. The molecule has 0 bridgehead atoms. The zero-order chi connectivity index (χ0) is 31.0. The molecule has 3 N–H and O–H groups in total. The Morgan fingerprint density at radius 3 is 2.09 bits per heavy atom. The van der Waals surface area contributed by atoms with Crippen molar-refractivity contribution in [3.63, 3.8) is 0 Å². The predicted molar refractivity (Wildman–Crippen MR) is 172 cm³/mol. The summed E-state index contributed by atoms with van der Waals surface area (Å²) < 4.78 is 5.87. The van der Waals surface area contributed by atoms with Gasteiger partial charge in [0.15, 0.2) is 0 Å². The Labute approximate surface area is 260 Å². The van der Waals surface area contributed by atoms with Crippen LogP contribution in [0.25, 0.3) is 0 Å². The minimum Gasteiger partial charge on any atom is -0.463 e. The van der Waals surface area contributed by atoms with Gasteiger partial charge < -0.3 is 20.5 Å². The highest BCUT2D eigenvalue weighted by molar-refractivity contribution is 5.86. The maximum absolute atomic E-state index is 13.6. The summed E-state index contributed by atoms with van der Waals surface area (Å²) in [7, 11) is 0. The fourth-order valence-corrected chi connectivity index (χ4v) is 5.59. The van der Waals surface area contributed by atoms with Crippen LogP contribution in [0.2, 0.25) is 0 Å². The Balaban J connectivity index is 1.46. The van der Waals surface area contributed by atoms with Crippen molar-refractivity contribution in [2.24, 2.45) is 11.8 Å². The van der Waals surface area contributed by atoms with Gasteiger partial charge in [0.1, 0.15) is 6.61 Å². The molecule has 4 atom stereocenters. The van der Waals surface area contributed by atoms with Gasteiger partial charge in [0, 0.05) is 6.42 Å². The molecule has 3 aromatic rings. The molecule has 7 nitrogen and oxygen atoms in total. The number of carbonyl (C=O) groups excluding carboxylic acids is 3. The zero-order valence-corrected chi connectivity index (χ0v) is 25.3. The number of nitrogens with one attached hydrogen (secondary N) is 2. The van der Waals surface area contributed by atoms with Crippen LogP contribution >= 0.6 is 0 Å². The average molecular weight is 597 g/mol. The van der Waals surface area contributed by atoms with Gasteiger partial charge in [-0.1, -0.05) is 103 Å². The Bertz CT molecular complexity index is 1330. The normalized spacial score (nSPS) is 20.5. The standard InChI is InChI=1S/C37H44N2O5/c40-26-33(23-29-16-8-4-9-17-29)38-35(41)25-31-20-12-1-2-13-21-32(22-28-14-6-3-7-15-28)37(43)44-27-34(39-36(31)42)24-30-18-10-5-11-19-30/h1,3-12,14-19,31-34,40H,2,13,20-27H2,(H,38,41)(H,39,42)/t31-,32-,33+,34+/m1/s1. The first-order chi connectivity index (χ1) is 21.5. The van der Waals surface area contributed by atoms with E-state index in [-0.39, 0.29) is 43.3 Å². The van der Waals surface area contributed by atoms with Crippen molar-refractivity contribution in [3.8, 4) is 0 Å². The second-order valence-electron chi connectivity index (χ2n) is 11.6. The molecule has 7 heteroatoms. The van der Waals surface area contributed by atoms with Gasteiger partial charge in [-0.2, -0.15) is 0 Å². The molecule has 0 aliphatic carbocycles. The maximum Gasteiger partial charge on any atom is 0.309 e. The average Bonchev–Trinajstić information content (AvgIpc) is 3.04. The first kappa shape index (κ1) is 32.7. The van der Waals surface area contributed by atoms with Crippen LogP contribution in [0.5, 0.6) is 0 Å². The molecular formula is C37H44N2O5. The molecule has 4 rings (SSSR count).